The van der Waals surface area contributed by atoms with Gasteiger partial charge in [-0.1, -0.05) is 24.6 Å². The first-order valence-electron chi connectivity index (χ1n) is 16.8. The Morgan fingerprint density at radius 1 is 1.02 bits per heavy atom. The minimum Gasteiger partial charge on any atom is -0.476 e. The molecular formula is C34H47F2N5O5S. The second kappa shape index (κ2) is 16.3. The number of benzene rings is 2. The number of nitrogens with one attached hydrogen (secondary N) is 2. The third-order valence-corrected chi connectivity index (χ3v) is 10.2. The van der Waals surface area contributed by atoms with Crippen molar-refractivity contribution in [1.82, 2.24) is 15.5 Å². The monoisotopic (exact) mass is 675 g/mol. The summed E-state index contributed by atoms with van der Waals surface area (Å²) < 4.78 is 70.6. The van der Waals surface area contributed by atoms with E-state index in [0.29, 0.717) is 63.9 Å². The first-order valence-corrected chi connectivity index (χ1v) is 18.3. The SMILES string of the molecule is CCS(=O)(=O)OCCCCCCOc1nnc(NC(C)c2cccc(C(F)(F)C3CCNCC3)c2)c2ccc(N3CCOCC3)cc12. The maximum atomic E-state index is 15.5. The van der Waals surface area contributed by atoms with Gasteiger partial charge in [-0.15, -0.1) is 10.2 Å². The number of alkyl halides is 2. The van der Waals surface area contributed by atoms with E-state index < -0.39 is 22.0 Å². The molecule has 0 aliphatic carbocycles. The summed E-state index contributed by atoms with van der Waals surface area (Å²) in [5, 5.41) is 17.2. The van der Waals surface area contributed by atoms with Crippen molar-refractivity contribution in [2.24, 2.45) is 5.92 Å². The van der Waals surface area contributed by atoms with Crippen LogP contribution in [0.1, 0.15) is 69.5 Å². The number of ether oxygens (including phenoxy) is 2. The number of rotatable bonds is 16. The quantitative estimate of drug-likeness (QED) is 0.138. The Hall–Kier alpha value is -3.13. The highest BCUT2D eigenvalue weighted by Crippen LogP contribution is 2.41. The van der Waals surface area contributed by atoms with E-state index in [9.17, 15) is 8.42 Å². The fraction of sp³-hybridized carbons (Fsp3) is 0.588. The summed E-state index contributed by atoms with van der Waals surface area (Å²) in [5.41, 5.74) is 1.82. The minimum absolute atomic E-state index is 0.0267. The van der Waals surface area contributed by atoms with Crippen LogP contribution in [0.25, 0.3) is 10.8 Å². The number of morpholine rings is 1. The van der Waals surface area contributed by atoms with Crippen LogP contribution in [-0.4, -0.2) is 77.0 Å². The zero-order valence-corrected chi connectivity index (χ0v) is 28.2. The molecule has 0 bridgehead atoms. The number of unbranched alkanes of at least 4 members (excludes halogenated alkanes) is 3. The van der Waals surface area contributed by atoms with Gasteiger partial charge in [0.05, 0.1) is 43.6 Å². The van der Waals surface area contributed by atoms with Gasteiger partial charge in [0.25, 0.3) is 16.0 Å². The van der Waals surface area contributed by atoms with Gasteiger partial charge in [0.2, 0.25) is 5.88 Å². The van der Waals surface area contributed by atoms with Crippen molar-refractivity contribution in [3.05, 3.63) is 53.6 Å². The van der Waals surface area contributed by atoms with Gasteiger partial charge in [-0.2, -0.15) is 8.42 Å². The molecule has 2 aliphatic rings. The van der Waals surface area contributed by atoms with E-state index in [4.69, 9.17) is 13.7 Å². The molecule has 0 amide bonds. The number of hydrogen-bond acceptors (Lipinski definition) is 10. The lowest BCUT2D eigenvalue weighted by Crippen LogP contribution is -2.36. The predicted octanol–water partition coefficient (Wildman–Crippen LogP) is 6.04. The molecule has 13 heteroatoms. The number of fused-ring (bicyclic) bond motifs is 1. The number of halogens is 2. The largest absolute Gasteiger partial charge is 0.476 e. The van der Waals surface area contributed by atoms with E-state index in [2.05, 4.69) is 37.9 Å². The van der Waals surface area contributed by atoms with E-state index in [1.165, 1.54) is 6.07 Å². The van der Waals surface area contributed by atoms with Crippen LogP contribution >= 0.6 is 0 Å². The number of aromatic nitrogens is 2. The lowest BCUT2D eigenvalue weighted by atomic mass is 9.86. The lowest BCUT2D eigenvalue weighted by molar-refractivity contribution is -0.0754. The zero-order chi connectivity index (χ0) is 33.3. The minimum atomic E-state index is -3.41. The van der Waals surface area contributed by atoms with Crippen molar-refractivity contribution < 1.29 is 30.9 Å². The Morgan fingerprint density at radius 3 is 2.51 bits per heavy atom. The van der Waals surface area contributed by atoms with Crippen molar-refractivity contribution in [1.29, 1.82) is 0 Å². The van der Waals surface area contributed by atoms with Gasteiger partial charge in [0.15, 0.2) is 5.82 Å². The molecule has 1 unspecified atom stereocenters. The van der Waals surface area contributed by atoms with E-state index in [1.807, 2.05) is 19.1 Å². The van der Waals surface area contributed by atoms with E-state index in [0.717, 1.165) is 54.4 Å². The van der Waals surface area contributed by atoms with Crippen molar-refractivity contribution in [3.63, 3.8) is 0 Å². The Morgan fingerprint density at radius 2 is 1.77 bits per heavy atom. The Balaban J connectivity index is 1.29. The van der Waals surface area contributed by atoms with E-state index in [1.54, 1.807) is 19.1 Å². The molecule has 2 aromatic carbocycles. The van der Waals surface area contributed by atoms with Crippen molar-refractivity contribution in [3.8, 4) is 5.88 Å². The van der Waals surface area contributed by atoms with Crippen LogP contribution < -0.4 is 20.3 Å². The summed E-state index contributed by atoms with van der Waals surface area (Å²) in [7, 11) is -3.41. The average molecular weight is 676 g/mol. The fourth-order valence-corrected chi connectivity index (χ4v) is 6.61. The summed E-state index contributed by atoms with van der Waals surface area (Å²) in [6.07, 6.45) is 4.00. The number of piperidine rings is 1. The standard InChI is InChI=1S/C34H47F2N5O5S/c1-3-47(42,43)46-20-7-5-4-6-19-45-33-31-24-29(41-17-21-44-22-18-41)11-12-30(31)32(39-40-33)38-25(2)26-9-8-10-28(23-26)34(35,36)27-13-15-37-16-14-27/h8-12,23-25,27,37H,3-7,13-22H2,1-2H3,(H,38,39). The van der Waals surface area contributed by atoms with Gasteiger partial charge in [-0.3, -0.25) is 4.18 Å². The molecule has 2 saturated heterocycles. The first-order chi connectivity index (χ1) is 22.7. The maximum Gasteiger partial charge on any atom is 0.276 e. The molecule has 1 atom stereocenters. The molecule has 3 heterocycles. The number of hydrogen-bond donors (Lipinski definition) is 2. The van der Waals surface area contributed by atoms with Crippen LogP contribution in [0.3, 0.4) is 0 Å². The molecular weight excluding hydrogens is 628 g/mol. The third-order valence-electron chi connectivity index (χ3n) is 8.98. The summed E-state index contributed by atoms with van der Waals surface area (Å²) in [4.78, 5) is 2.26. The zero-order valence-electron chi connectivity index (χ0n) is 27.3. The molecule has 2 aliphatic heterocycles. The highest BCUT2D eigenvalue weighted by molar-refractivity contribution is 7.86. The molecule has 10 nitrogen and oxygen atoms in total. The summed E-state index contributed by atoms with van der Waals surface area (Å²) >= 11 is 0. The molecule has 3 aromatic rings. The lowest BCUT2D eigenvalue weighted by Gasteiger charge is -2.31. The molecule has 0 radical (unpaired) electrons. The van der Waals surface area contributed by atoms with Gasteiger partial charge in [0, 0.05) is 35.6 Å². The van der Waals surface area contributed by atoms with Crippen LogP contribution in [0, 0.1) is 5.92 Å². The molecule has 0 saturated carbocycles. The van der Waals surface area contributed by atoms with Crippen LogP contribution in [-0.2, 0) is 25.0 Å². The Labute approximate surface area is 276 Å². The summed E-state index contributed by atoms with van der Waals surface area (Å²) in [6, 6.07) is 12.5. The third kappa shape index (κ3) is 9.27. The normalized spacial score (nSPS) is 17.1. The average Bonchev–Trinajstić information content (AvgIpc) is 3.10. The molecule has 1 aromatic heterocycles. The van der Waals surface area contributed by atoms with Gasteiger partial charge in [-0.25, -0.2) is 8.78 Å². The van der Waals surface area contributed by atoms with E-state index in [-0.39, 0.29) is 24.0 Å². The second-order valence-corrected chi connectivity index (χ2v) is 14.2. The summed E-state index contributed by atoms with van der Waals surface area (Å²) in [6.45, 7) is 8.22. The van der Waals surface area contributed by atoms with Crippen LogP contribution in [0.2, 0.25) is 0 Å². The topological polar surface area (TPSA) is 115 Å². The smallest absolute Gasteiger partial charge is 0.276 e. The highest BCUT2D eigenvalue weighted by Gasteiger charge is 2.41. The Bertz CT molecular complexity index is 1570. The summed E-state index contributed by atoms with van der Waals surface area (Å²) in [5.74, 6) is -2.63. The van der Waals surface area contributed by atoms with Gasteiger partial charge in [-0.05, 0) is 88.9 Å². The van der Waals surface area contributed by atoms with Crippen LogP contribution in [0.4, 0.5) is 20.3 Å². The highest BCUT2D eigenvalue weighted by atomic mass is 32.2. The second-order valence-electron chi connectivity index (χ2n) is 12.3. The molecule has 2 fully saturated rings. The van der Waals surface area contributed by atoms with Gasteiger partial charge in [0.1, 0.15) is 0 Å². The molecule has 258 valence electrons. The molecule has 0 spiro atoms. The van der Waals surface area contributed by atoms with Gasteiger partial charge >= 0.3 is 0 Å². The Kier molecular flexibility index (Phi) is 12.2. The molecule has 2 N–H and O–H groups in total. The van der Waals surface area contributed by atoms with Crippen molar-refractivity contribution in [2.75, 3.05) is 68.6 Å². The predicted molar refractivity (Wildman–Crippen MR) is 180 cm³/mol. The van der Waals surface area contributed by atoms with E-state index >= 15 is 8.78 Å². The molecule has 47 heavy (non-hydrogen) atoms. The van der Waals surface area contributed by atoms with Crippen molar-refractivity contribution >= 4 is 32.4 Å². The molecule has 5 rings (SSSR count). The fourth-order valence-electron chi connectivity index (χ4n) is 6.07. The number of nitrogens with zero attached hydrogens (tertiary/aromatic N) is 3. The maximum absolute atomic E-state index is 15.5. The first kappa shape index (κ1) is 35.2. The van der Waals surface area contributed by atoms with Crippen LogP contribution in [0.5, 0.6) is 5.88 Å². The van der Waals surface area contributed by atoms with Crippen LogP contribution in [0.15, 0.2) is 42.5 Å². The van der Waals surface area contributed by atoms with Crippen molar-refractivity contribution in [2.45, 2.75) is 64.3 Å². The number of anilines is 2. The van der Waals surface area contributed by atoms with Gasteiger partial charge < -0.3 is 25.0 Å².